The van der Waals surface area contributed by atoms with Crippen molar-refractivity contribution in [2.45, 2.75) is 71.4 Å². The number of amides is 1. The van der Waals surface area contributed by atoms with Crippen molar-refractivity contribution in [1.29, 1.82) is 0 Å². The van der Waals surface area contributed by atoms with E-state index in [1.807, 2.05) is 26.0 Å². The lowest BCUT2D eigenvalue weighted by atomic mass is 9.78. The number of aryl methyl sites for hydroxylation is 2. The summed E-state index contributed by atoms with van der Waals surface area (Å²) in [7, 11) is 0. The summed E-state index contributed by atoms with van der Waals surface area (Å²) >= 11 is 0. The van der Waals surface area contributed by atoms with Crippen LogP contribution in [0.15, 0.2) is 17.9 Å². The third-order valence-corrected chi connectivity index (χ3v) is 5.99. The van der Waals surface area contributed by atoms with E-state index in [-0.39, 0.29) is 24.4 Å². The molecule has 0 bridgehead atoms. The van der Waals surface area contributed by atoms with Crippen LogP contribution >= 0.6 is 0 Å². The summed E-state index contributed by atoms with van der Waals surface area (Å²) in [4.78, 5) is 25.6. The third-order valence-electron chi connectivity index (χ3n) is 5.99. The van der Waals surface area contributed by atoms with Crippen LogP contribution < -0.4 is 5.32 Å². The molecule has 1 aromatic carbocycles. The van der Waals surface area contributed by atoms with E-state index in [1.54, 1.807) is 13.8 Å². The highest BCUT2D eigenvalue weighted by Gasteiger charge is 2.50. The maximum absolute atomic E-state index is 13.3. The number of carbonyl (C=O) groups excluding carboxylic acids is 2. The maximum atomic E-state index is 13.3. The molecule has 3 rings (SSSR count). The van der Waals surface area contributed by atoms with E-state index >= 15 is 0 Å². The van der Waals surface area contributed by atoms with Crippen LogP contribution in [0.5, 0.6) is 0 Å². The normalized spacial score (nSPS) is 22.3. The lowest BCUT2D eigenvalue weighted by Gasteiger charge is -2.38. The number of carbonyl (C=O) groups is 2. The van der Waals surface area contributed by atoms with Gasteiger partial charge in [0.15, 0.2) is 0 Å². The zero-order valence-electron chi connectivity index (χ0n) is 19.3. The standard InChI is InChI=1S/C25H29F2NO5/c1-5-7-17-12-15(3)20(16(4)13-17)21-22(33-24(30)31-6-2)25(28-23(21)29)10-8-18(9-11-25)32-14-19(26)27/h12-13,18-19H,6,8-11,14H2,1-4H3,(H,28,29). The first-order valence-corrected chi connectivity index (χ1v) is 11.1. The Kier molecular flexibility index (Phi) is 7.75. The van der Waals surface area contributed by atoms with Crippen molar-refractivity contribution >= 4 is 17.6 Å². The molecule has 6 nitrogen and oxygen atoms in total. The zero-order chi connectivity index (χ0) is 24.2. The summed E-state index contributed by atoms with van der Waals surface area (Å²) in [5, 5.41) is 3.02. The first-order chi connectivity index (χ1) is 15.7. The highest BCUT2D eigenvalue weighted by molar-refractivity contribution is 6.24. The summed E-state index contributed by atoms with van der Waals surface area (Å²) in [6.45, 7) is 6.68. The van der Waals surface area contributed by atoms with Gasteiger partial charge in [-0.15, -0.1) is 5.92 Å². The Morgan fingerprint density at radius 3 is 2.42 bits per heavy atom. The molecule has 1 spiro atoms. The molecule has 1 fully saturated rings. The SMILES string of the molecule is CC#Cc1cc(C)c(C2=C(OC(=O)OCC)C3(CCC(OCC(F)F)CC3)NC2=O)c(C)c1. The lowest BCUT2D eigenvalue weighted by molar-refractivity contribution is -0.117. The fourth-order valence-electron chi connectivity index (χ4n) is 4.67. The summed E-state index contributed by atoms with van der Waals surface area (Å²) in [5.41, 5.74) is 2.53. The molecule has 8 heteroatoms. The van der Waals surface area contributed by atoms with Gasteiger partial charge in [0.1, 0.15) is 12.4 Å². The first kappa shape index (κ1) is 24.7. The number of benzene rings is 1. The molecule has 1 amide bonds. The molecule has 0 atom stereocenters. The molecule has 0 unspecified atom stereocenters. The molecule has 33 heavy (non-hydrogen) atoms. The number of rotatable bonds is 6. The second-order valence-electron chi connectivity index (χ2n) is 8.31. The van der Waals surface area contributed by atoms with Gasteiger partial charge in [0.2, 0.25) is 0 Å². The molecule has 0 saturated heterocycles. The monoisotopic (exact) mass is 461 g/mol. The molecule has 0 radical (unpaired) electrons. The van der Waals surface area contributed by atoms with Crippen LogP contribution in [-0.4, -0.2) is 43.3 Å². The van der Waals surface area contributed by atoms with Gasteiger partial charge in [0.25, 0.3) is 12.3 Å². The Morgan fingerprint density at radius 1 is 1.24 bits per heavy atom. The van der Waals surface area contributed by atoms with Gasteiger partial charge in [-0.2, -0.15) is 0 Å². The van der Waals surface area contributed by atoms with Crippen molar-refractivity contribution < 1.29 is 32.6 Å². The number of alkyl halides is 2. The first-order valence-electron chi connectivity index (χ1n) is 11.1. The van der Waals surface area contributed by atoms with Gasteiger partial charge in [-0.3, -0.25) is 4.79 Å². The minimum Gasteiger partial charge on any atom is -0.434 e. The van der Waals surface area contributed by atoms with Crippen molar-refractivity contribution in [2.75, 3.05) is 13.2 Å². The molecule has 1 aliphatic carbocycles. The van der Waals surface area contributed by atoms with E-state index in [1.165, 1.54) is 0 Å². The quantitative estimate of drug-likeness (QED) is 0.493. The molecular weight excluding hydrogens is 432 g/mol. The fraction of sp³-hybridized carbons (Fsp3) is 0.520. The average Bonchev–Trinajstić information content (AvgIpc) is 2.98. The fourth-order valence-corrected chi connectivity index (χ4v) is 4.67. The van der Waals surface area contributed by atoms with E-state index in [2.05, 4.69) is 17.2 Å². The maximum Gasteiger partial charge on any atom is 0.513 e. The van der Waals surface area contributed by atoms with Crippen LogP contribution in [0.25, 0.3) is 5.57 Å². The highest BCUT2D eigenvalue weighted by Crippen LogP contribution is 2.45. The highest BCUT2D eigenvalue weighted by atomic mass is 19.3. The van der Waals surface area contributed by atoms with Crippen molar-refractivity contribution in [1.82, 2.24) is 5.32 Å². The Labute approximate surface area is 192 Å². The minimum atomic E-state index is -2.53. The number of hydrogen-bond donors (Lipinski definition) is 1. The Bertz CT molecular complexity index is 990. The molecule has 1 heterocycles. The van der Waals surface area contributed by atoms with Crippen LogP contribution in [0.2, 0.25) is 0 Å². The molecule has 0 aromatic heterocycles. The number of hydrogen-bond acceptors (Lipinski definition) is 5. The van der Waals surface area contributed by atoms with Gasteiger partial charge in [0, 0.05) is 5.56 Å². The average molecular weight is 462 g/mol. The second-order valence-corrected chi connectivity index (χ2v) is 8.31. The van der Waals surface area contributed by atoms with Crippen LogP contribution in [0.3, 0.4) is 0 Å². The van der Waals surface area contributed by atoms with Gasteiger partial charge < -0.3 is 19.5 Å². The molecule has 1 saturated carbocycles. The molecule has 1 aliphatic heterocycles. The van der Waals surface area contributed by atoms with E-state index < -0.39 is 24.7 Å². The van der Waals surface area contributed by atoms with Crippen molar-refractivity contribution in [3.05, 3.63) is 40.1 Å². The summed E-state index contributed by atoms with van der Waals surface area (Å²) < 4.78 is 41.0. The van der Waals surface area contributed by atoms with Gasteiger partial charge in [-0.05, 0) is 82.2 Å². The summed E-state index contributed by atoms with van der Waals surface area (Å²) in [6, 6.07) is 3.78. The summed E-state index contributed by atoms with van der Waals surface area (Å²) in [6.07, 6.45) is -2.10. The van der Waals surface area contributed by atoms with Crippen LogP contribution in [0.1, 0.15) is 61.8 Å². The van der Waals surface area contributed by atoms with Crippen molar-refractivity contribution in [3.8, 4) is 11.8 Å². The third kappa shape index (κ3) is 5.36. The minimum absolute atomic E-state index is 0.127. The van der Waals surface area contributed by atoms with Gasteiger partial charge in [-0.1, -0.05) is 5.92 Å². The van der Waals surface area contributed by atoms with Gasteiger partial charge in [-0.25, -0.2) is 13.6 Å². The largest absolute Gasteiger partial charge is 0.513 e. The molecule has 1 aromatic rings. The van der Waals surface area contributed by atoms with Crippen molar-refractivity contribution in [3.63, 3.8) is 0 Å². The van der Waals surface area contributed by atoms with Crippen LogP contribution in [0.4, 0.5) is 13.6 Å². The van der Waals surface area contributed by atoms with Crippen LogP contribution in [0, 0.1) is 25.7 Å². The topological polar surface area (TPSA) is 73.9 Å². The molecule has 178 valence electrons. The number of nitrogens with one attached hydrogen (secondary N) is 1. The Balaban J connectivity index is 2.02. The Hall–Kier alpha value is -2.92. The second kappa shape index (κ2) is 10.3. The van der Waals surface area contributed by atoms with E-state index in [4.69, 9.17) is 14.2 Å². The van der Waals surface area contributed by atoms with Crippen LogP contribution in [-0.2, 0) is 19.0 Å². The zero-order valence-corrected chi connectivity index (χ0v) is 19.3. The van der Waals surface area contributed by atoms with E-state index in [0.717, 1.165) is 16.7 Å². The predicted octanol–water partition coefficient (Wildman–Crippen LogP) is 4.65. The molecule has 1 N–H and O–H groups in total. The van der Waals surface area contributed by atoms with E-state index in [0.29, 0.717) is 36.8 Å². The van der Waals surface area contributed by atoms with E-state index in [9.17, 15) is 18.4 Å². The van der Waals surface area contributed by atoms with Gasteiger partial charge >= 0.3 is 6.16 Å². The smallest absolute Gasteiger partial charge is 0.434 e. The van der Waals surface area contributed by atoms with Gasteiger partial charge in [0.05, 0.1) is 23.8 Å². The lowest BCUT2D eigenvalue weighted by Crippen LogP contribution is -2.49. The molecular formula is C25H29F2NO5. The predicted molar refractivity (Wildman–Crippen MR) is 119 cm³/mol. The number of ether oxygens (including phenoxy) is 3. The molecule has 2 aliphatic rings. The van der Waals surface area contributed by atoms with Crippen molar-refractivity contribution in [2.24, 2.45) is 0 Å². The Morgan fingerprint density at radius 2 is 1.88 bits per heavy atom. The number of halogens is 2. The summed E-state index contributed by atoms with van der Waals surface area (Å²) in [5.74, 6) is 5.76.